The highest BCUT2D eigenvalue weighted by atomic mass is 35.5. The van der Waals surface area contributed by atoms with Gasteiger partial charge < -0.3 is 4.42 Å². The molecule has 0 aliphatic carbocycles. The van der Waals surface area contributed by atoms with E-state index < -0.39 is 11.8 Å². The van der Waals surface area contributed by atoms with Gasteiger partial charge in [0.05, 0.1) is 5.02 Å². The van der Waals surface area contributed by atoms with Gasteiger partial charge in [0.1, 0.15) is 23.2 Å². The molecule has 1 aliphatic rings. The third-order valence-electron chi connectivity index (χ3n) is 5.17. The summed E-state index contributed by atoms with van der Waals surface area (Å²) in [5.41, 5.74) is 1.27. The average molecular weight is 457 g/mol. The fourth-order valence-electron chi connectivity index (χ4n) is 3.44. The summed E-state index contributed by atoms with van der Waals surface area (Å²) in [5.74, 6) is -0.0140. The third kappa shape index (κ3) is 4.92. The molecular formula is C24H22Cl2N2O3. The predicted octanol–water partition coefficient (Wildman–Crippen LogP) is 6.43. The molecule has 1 aromatic carbocycles. The summed E-state index contributed by atoms with van der Waals surface area (Å²) >= 11 is 12.2. The van der Waals surface area contributed by atoms with Crippen LogP contribution in [0.5, 0.6) is 0 Å². The first kappa shape index (κ1) is 22.9. The lowest BCUT2D eigenvalue weighted by atomic mass is 9.94. The molecule has 0 atom stereocenters. The van der Waals surface area contributed by atoms with Gasteiger partial charge in [0.25, 0.3) is 11.8 Å². The first-order chi connectivity index (χ1) is 14.9. The van der Waals surface area contributed by atoms with Crippen molar-refractivity contribution in [3.05, 3.63) is 62.9 Å². The molecule has 2 aromatic rings. The van der Waals surface area contributed by atoms with Crippen molar-refractivity contribution in [2.45, 2.75) is 39.5 Å². The zero-order chi connectivity index (χ0) is 22.5. The number of nitrogens with zero attached hydrogens (tertiary/aromatic N) is 2. The fourth-order valence-corrected chi connectivity index (χ4v) is 3.94. The molecule has 2 amide bonds. The molecule has 0 fully saturated rings. The molecule has 1 aromatic heterocycles. The van der Waals surface area contributed by atoms with E-state index in [1.807, 2.05) is 6.07 Å². The Morgan fingerprint density at radius 1 is 1.10 bits per heavy atom. The van der Waals surface area contributed by atoms with Crippen LogP contribution in [-0.4, -0.2) is 23.3 Å². The van der Waals surface area contributed by atoms with Gasteiger partial charge in [-0.3, -0.25) is 14.5 Å². The maximum atomic E-state index is 13.1. The topological polar surface area (TPSA) is 74.3 Å². The van der Waals surface area contributed by atoms with Gasteiger partial charge in [-0.05, 0) is 55.3 Å². The zero-order valence-electron chi connectivity index (χ0n) is 17.4. The van der Waals surface area contributed by atoms with Crippen molar-refractivity contribution in [3.63, 3.8) is 0 Å². The summed E-state index contributed by atoms with van der Waals surface area (Å²) in [4.78, 5) is 26.9. The molecule has 0 saturated heterocycles. The van der Waals surface area contributed by atoms with Crippen LogP contribution in [0.4, 0.5) is 0 Å². The van der Waals surface area contributed by atoms with Crippen LogP contribution in [0.25, 0.3) is 17.4 Å². The van der Waals surface area contributed by atoms with E-state index in [2.05, 4.69) is 6.92 Å². The smallest absolute Gasteiger partial charge is 0.271 e. The SMILES string of the molecule is CCCCCCN1C(=O)C(C#N)=C(C)/C(=C\c2ccc(-c3ccc(Cl)cc3Cl)o2)C1=O. The van der Waals surface area contributed by atoms with E-state index in [-0.39, 0.29) is 17.7 Å². The Bertz CT molecular complexity index is 1120. The third-order valence-corrected chi connectivity index (χ3v) is 5.72. The Morgan fingerprint density at radius 2 is 1.87 bits per heavy atom. The number of carbonyl (C=O) groups is 2. The number of halogens is 2. The number of unbranched alkanes of at least 4 members (excludes halogenated alkanes) is 3. The standard InChI is InChI=1S/C24H22Cl2N2O3/c1-3-4-5-6-11-28-23(29)19(15(2)20(14-27)24(28)30)13-17-8-10-22(31-17)18-9-7-16(25)12-21(18)26/h7-10,12-13H,3-6,11H2,1-2H3/b19-13+. The normalized spacial score (nSPS) is 15.7. The summed E-state index contributed by atoms with van der Waals surface area (Å²) in [7, 11) is 0. The van der Waals surface area contributed by atoms with Gasteiger partial charge in [-0.15, -0.1) is 0 Å². The van der Waals surface area contributed by atoms with Crippen molar-refractivity contribution in [2.75, 3.05) is 6.54 Å². The molecule has 0 saturated carbocycles. The number of rotatable bonds is 7. The van der Waals surface area contributed by atoms with Gasteiger partial charge >= 0.3 is 0 Å². The van der Waals surface area contributed by atoms with Gasteiger partial charge in [0.2, 0.25) is 0 Å². The second-order valence-electron chi connectivity index (χ2n) is 7.32. The van der Waals surface area contributed by atoms with E-state index in [9.17, 15) is 14.9 Å². The van der Waals surface area contributed by atoms with Crippen LogP contribution in [-0.2, 0) is 9.59 Å². The summed E-state index contributed by atoms with van der Waals surface area (Å²) < 4.78 is 5.87. The fraction of sp³-hybridized carbons (Fsp3) is 0.292. The van der Waals surface area contributed by atoms with Crippen LogP contribution in [0, 0.1) is 11.3 Å². The molecule has 0 spiro atoms. The molecule has 2 heterocycles. The second-order valence-corrected chi connectivity index (χ2v) is 8.16. The molecule has 0 unspecified atom stereocenters. The van der Waals surface area contributed by atoms with Crippen molar-refractivity contribution in [2.24, 2.45) is 0 Å². The van der Waals surface area contributed by atoms with Crippen molar-refractivity contribution < 1.29 is 14.0 Å². The molecule has 1 aliphatic heterocycles. The van der Waals surface area contributed by atoms with Crippen LogP contribution >= 0.6 is 23.2 Å². The number of hydrogen-bond donors (Lipinski definition) is 0. The lowest BCUT2D eigenvalue weighted by Gasteiger charge is -2.27. The summed E-state index contributed by atoms with van der Waals surface area (Å²) in [6.45, 7) is 3.98. The van der Waals surface area contributed by atoms with Crippen molar-refractivity contribution in [1.29, 1.82) is 5.26 Å². The zero-order valence-corrected chi connectivity index (χ0v) is 18.9. The minimum Gasteiger partial charge on any atom is -0.457 e. The first-order valence-electron chi connectivity index (χ1n) is 10.1. The van der Waals surface area contributed by atoms with Gasteiger partial charge in [-0.2, -0.15) is 5.26 Å². The number of nitriles is 1. The van der Waals surface area contributed by atoms with Gasteiger partial charge in [-0.25, -0.2) is 0 Å². The van der Waals surface area contributed by atoms with Crippen LogP contribution in [0.1, 0.15) is 45.3 Å². The van der Waals surface area contributed by atoms with E-state index in [0.29, 0.717) is 39.1 Å². The molecule has 160 valence electrons. The maximum Gasteiger partial charge on any atom is 0.271 e. The number of furan rings is 1. The van der Waals surface area contributed by atoms with Crippen LogP contribution in [0.15, 0.2) is 51.5 Å². The van der Waals surface area contributed by atoms with Crippen LogP contribution < -0.4 is 0 Å². The number of hydrogen-bond acceptors (Lipinski definition) is 4. The van der Waals surface area contributed by atoms with Crippen molar-refractivity contribution in [3.8, 4) is 17.4 Å². The molecule has 5 nitrogen and oxygen atoms in total. The number of imide groups is 1. The molecule has 7 heteroatoms. The van der Waals surface area contributed by atoms with Gasteiger partial charge in [0.15, 0.2) is 0 Å². The Balaban J connectivity index is 1.93. The Labute approximate surface area is 191 Å². The van der Waals surface area contributed by atoms with E-state index in [0.717, 1.165) is 24.2 Å². The lowest BCUT2D eigenvalue weighted by Crippen LogP contribution is -2.43. The molecule has 0 radical (unpaired) electrons. The number of benzene rings is 1. The largest absolute Gasteiger partial charge is 0.457 e. The highest BCUT2D eigenvalue weighted by Crippen LogP contribution is 2.33. The van der Waals surface area contributed by atoms with Crippen LogP contribution in [0.2, 0.25) is 10.0 Å². The predicted molar refractivity (Wildman–Crippen MR) is 121 cm³/mol. The van der Waals surface area contributed by atoms with Gasteiger partial charge in [0, 0.05) is 22.7 Å². The van der Waals surface area contributed by atoms with E-state index in [1.165, 1.54) is 0 Å². The monoisotopic (exact) mass is 456 g/mol. The minimum atomic E-state index is -0.535. The maximum absolute atomic E-state index is 13.1. The molecular weight excluding hydrogens is 435 g/mol. The molecule has 0 bridgehead atoms. The highest BCUT2D eigenvalue weighted by molar-refractivity contribution is 6.36. The van der Waals surface area contributed by atoms with Crippen molar-refractivity contribution in [1.82, 2.24) is 4.90 Å². The van der Waals surface area contributed by atoms with E-state index >= 15 is 0 Å². The number of amides is 2. The van der Waals surface area contributed by atoms with Crippen molar-refractivity contribution >= 4 is 41.1 Å². The summed E-state index contributed by atoms with van der Waals surface area (Å²) in [5, 5.41) is 10.5. The molecule has 3 rings (SSSR count). The second kappa shape index (κ2) is 10.00. The Kier molecular flexibility index (Phi) is 7.37. The van der Waals surface area contributed by atoms with E-state index in [4.69, 9.17) is 27.6 Å². The lowest BCUT2D eigenvalue weighted by molar-refractivity contribution is -0.140. The number of carbonyl (C=O) groups excluding carboxylic acids is 2. The molecule has 0 N–H and O–H groups in total. The summed E-state index contributed by atoms with van der Waals surface area (Å²) in [6, 6.07) is 10.5. The van der Waals surface area contributed by atoms with E-state index in [1.54, 1.807) is 43.3 Å². The summed E-state index contributed by atoms with van der Waals surface area (Å²) in [6.07, 6.45) is 5.26. The quantitative estimate of drug-likeness (QED) is 0.273. The molecule has 31 heavy (non-hydrogen) atoms. The average Bonchev–Trinajstić information content (AvgIpc) is 3.19. The first-order valence-corrected chi connectivity index (χ1v) is 10.9. The Morgan fingerprint density at radius 3 is 2.55 bits per heavy atom. The Hall–Kier alpha value is -2.81. The minimum absolute atomic E-state index is 0.0196. The highest BCUT2D eigenvalue weighted by Gasteiger charge is 2.35. The van der Waals surface area contributed by atoms with Crippen LogP contribution in [0.3, 0.4) is 0 Å². The van der Waals surface area contributed by atoms with Gasteiger partial charge in [-0.1, -0.05) is 49.4 Å².